The average molecular weight is 413 g/mol. The third-order valence-corrected chi connectivity index (χ3v) is 4.00. The van der Waals surface area contributed by atoms with Crippen molar-refractivity contribution < 1.29 is 19.0 Å². The highest BCUT2D eigenvalue weighted by molar-refractivity contribution is 14.1. The van der Waals surface area contributed by atoms with Gasteiger partial charge in [0.05, 0.1) is 35.4 Å². The van der Waals surface area contributed by atoms with E-state index in [2.05, 4.69) is 22.6 Å². The van der Waals surface area contributed by atoms with Crippen LogP contribution in [0.3, 0.4) is 0 Å². The quantitative estimate of drug-likeness (QED) is 0.404. The van der Waals surface area contributed by atoms with Crippen molar-refractivity contribution in [1.82, 2.24) is 4.90 Å². The molecule has 1 amide bonds. The van der Waals surface area contributed by atoms with Gasteiger partial charge in [-0.2, -0.15) is 0 Å². The van der Waals surface area contributed by atoms with Crippen LogP contribution in [0.2, 0.25) is 0 Å². The Morgan fingerprint density at radius 1 is 1.10 bits per heavy atom. The van der Waals surface area contributed by atoms with Crippen LogP contribution in [0.25, 0.3) is 0 Å². The number of ether oxygens (including phenoxy) is 3. The van der Waals surface area contributed by atoms with Gasteiger partial charge in [-0.25, -0.2) is 4.79 Å². The lowest BCUT2D eigenvalue weighted by atomic mass is 10.2. The van der Waals surface area contributed by atoms with E-state index in [1.807, 2.05) is 41.5 Å². The van der Waals surface area contributed by atoms with Gasteiger partial charge in [0.15, 0.2) is 0 Å². The molecule has 6 heteroatoms. The van der Waals surface area contributed by atoms with Crippen LogP contribution in [0, 0.1) is 0 Å². The summed E-state index contributed by atoms with van der Waals surface area (Å²) < 4.78 is 17.1. The summed E-state index contributed by atoms with van der Waals surface area (Å²) in [5, 5.41) is 0. The second kappa shape index (κ2) is 7.46. The van der Waals surface area contributed by atoms with Crippen LogP contribution in [0.15, 0.2) is 0 Å². The summed E-state index contributed by atoms with van der Waals surface area (Å²) in [6.45, 7) is 14.1. The molecule has 0 spiro atoms. The van der Waals surface area contributed by atoms with Crippen LogP contribution in [0.4, 0.5) is 4.79 Å². The molecule has 1 fully saturated rings. The first kappa shape index (κ1) is 19.0. The minimum atomic E-state index is -0.461. The third kappa shape index (κ3) is 7.65. The molecule has 21 heavy (non-hydrogen) atoms. The van der Waals surface area contributed by atoms with Crippen LogP contribution in [-0.4, -0.2) is 58.5 Å². The molecule has 1 aliphatic rings. The van der Waals surface area contributed by atoms with Crippen molar-refractivity contribution >= 4 is 28.7 Å². The molecule has 0 saturated carbocycles. The van der Waals surface area contributed by atoms with E-state index < -0.39 is 5.60 Å². The number of nitrogens with zero attached hydrogens (tertiary/aromatic N) is 1. The lowest BCUT2D eigenvalue weighted by molar-refractivity contribution is -0.0485. The maximum atomic E-state index is 12.0. The first-order valence-electron chi connectivity index (χ1n) is 7.35. The summed E-state index contributed by atoms with van der Waals surface area (Å²) >= 11 is 2.33. The molecule has 2 atom stereocenters. The van der Waals surface area contributed by atoms with Crippen molar-refractivity contribution in [3.8, 4) is 0 Å². The fourth-order valence-corrected chi connectivity index (χ4v) is 2.82. The minimum Gasteiger partial charge on any atom is -0.444 e. The number of hydrogen-bond donors (Lipinski definition) is 0. The van der Waals surface area contributed by atoms with Gasteiger partial charge in [-0.05, 0) is 41.5 Å². The normalized spacial score (nSPS) is 23.5. The minimum absolute atomic E-state index is 0.0432. The van der Waals surface area contributed by atoms with Gasteiger partial charge in [0.1, 0.15) is 5.60 Å². The molecule has 1 aliphatic heterocycles. The van der Waals surface area contributed by atoms with Crippen LogP contribution >= 0.6 is 22.6 Å². The molecule has 0 aromatic carbocycles. The zero-order valence-corrected chi connectivity index (χ0v) is 16.1. The lowest BCUT2D eigenvalue weighted by Gasteiger charge is -2.24. The molecule has 1 rings (SSSR count). The molecular formula is C15H28INO4. The van der Waals surface area contributed by atoms with Crippen LogP contribution in [0.5, 0.6) is 0 Å². The number of halogens is 1. The summed E-state index contributed by atoms with van der Waals surface area (Å²) in [4.78, 5) is 13.8. The smallest absolute Gasteiger partial charge is 0.410 e. The molecule has 0 radical (unpaired) electrons. The number of carbonyl (C=O) groups is 1. The number of rotatable bonds is 4. The van der Waals surface area contributed by atoms with Crippen molar-refractivity contribution in [2.45, 2.75) is 62.8 Å². The van der Waals surface area contributed by atoms with Gasteiger partial charge in [-0.15, -0.1) is 0 Å². The highest BCUT2D eigenvalue weighted by Crippen LogP contribution is 2.23. The van der Waals surface area contributed by atoms with Crippen LogP contribution in [-0.2, 0) is 14.2 Å². The van der Waals surface area contributed by atoms with E-state index >= 15 is 0 Å². The van der Waals surface area contributed by atoms with Gasteiger partial charge < -0.3 is 19.1 Å². The standard InChI is InChI=1S/C15H28INO4/c1-14(2,3)20-8-7-19-12-10-17(9-11(12)16)13(18)21-15(4,5)6/h11-12H,7-10H2,1-6H3. The average Bonchev–Trinajstić information content (AvgIpc) is 2.63. The zero-order chi connectivity index (χ0) is 16.3. The first-order chi connectivity index (χ1) is 9.48. The van der Waals surface area contributed by atoms with Crippen molar-refractivity contribution in [1.29, 1.82) is 0 Å². The van der Waals surface area contributed by atoms with Gasteiger partial charge in [0.2, 0.25) is 0 Å². The molecule has 2 unspecified atom stereocenters. The van der Waals surface area contributed by atoms with Gasteiger partial charge in [0, 0.05) is 6.54 Å². The van der Waals surface area contributed by atoms with Crippen molar-refractivity contribution in [2.75, 3.05) is 26.3 Å². The van der Waals surface area contributed by atoms with Crippen LogP contribution < -0.4 is 0 Å². The second-order valence-electron chi connectivity index (χ2n) is 7.27. The third-order valence-electron chi connectivity index (χ3n) is 2.80. The summed E-state index contributed by atoms with van der Waals surface area (Å²) in [7, 11) is 0. The maximum Gasteiger partial charge on any atom is 0.410 e. The van der Waals surface area contributed by atoms with Crippen molar-refractivity contribution in [3.63, 3.8) is 0 Å². The zero-order valence-electron chi connectivity index (χ0n) is 13.9. The van der Waals surface area contributed by atoms with Gasteiger partial charge in [-0.1, -0.05) is 22.6 Å². The molecule has 1 heterocycles. The topological polar surface area (TPSA) is 48.0 Å². The summed E-state index contributed by atoms with van der Waals surface area (Å²) in [6, 6.07) is 0. The van der Waals surface area contributed by atoms with Gasteiger partial charge in [0.25, 0.3) is 0 Å². The predicted molar refractivity (Wildman–Crippen MR) is 91.1 cm³/mol. The molecular weight excluding hydrogens is 385 g/mol. The Kier molecular flexibility index (Phi) is 6.74. The Hall–Kier alpha value is -0.0800. The van der Waals surface area contributed by atoms with E-state index in [-0.39, 0.29) is 21.7 Å². The maximum absolute atomic E-state index is 12.0. The van der Waals surface area contributed by atoms with E-state index in [1.165, 1.54) is 0 Å². The monoisotopic (exact) mass is 413 g/mol. The highest BCUT2D eigenvalue weighted by Gasteiger charge is 2.36. The Morgan fingerprint density at radius 3 is 2.24 bits per heavy atom. The summed E-state index contributed by atoms with van der Waals surface area (Å²) in [6.07, 6.45) is -0.220. The summed E-state index contributed by atoms with van der Waals surface area (Å²) in [5.41, 5.74) is -0.608. The van der Waals surface area contributed by atoms with E-state index in [4.69, 9.17) is 14.2 Å². The highest BCUT2D eigenvalue weighted by atomic mass is 127. The predicted octanol–water partition coefficient (Wildman–Crippen LogP) is 3.24. The number of likely N-dealkylation sites (tertiary alicyclic amines) is 1. The lowest BCUT2D eigenvalue weighted by Crippen LogP contribution is -2.36. The van der Waals surface area contributed by atoms with E-state index in [0.717, 1.165) is 0 Å². The van der Waals surface area contributed by atoms with E-state index in [9.17, 15) is 4.79 Å². The largest absolute Gasteiger partial charge is 0.444 e. The van der Waals surface area contributed by atoms with Crippen LogP contribution in [0.1, 0.15) is 41.5 Å². The molecule has 0 aromatic rings. The summed E-state index contributed by atoms with van der Waals surface area (Å²) in [5.74, 6) is 0. The number of carbonyl (C=O) groups excluding carboxylic acids is 1. The number of hydrogen-bond acceptors (Lipinski definition) is 4. The molecule has 124 valence electrons. The molecule has 0 aliphatic carbocycles. The Bertz CT molecular complexity index is 349. The molecule has 0 bridgehead atoms. The number of amides is 1. The van der Waals surface area contributed by atoms with E-state index in [0.29, 0.717) is 26.3 Å². The Morgan fingerprint density at radius 2 is 1.71 bits per heavy atom. The molecule has 0 aromatic heterocycles. The van der Waals surface area contributed by atoms with Gasteiger partial charge in [-0.3, -0.25) is 0 Å². The molecule has 1 saturated heterocycles. The fraction of sp³-hybridized carbons (Fsp3) is 0.933. The SMILES string of the molecule is CC(C)(C)OCCOC1CN(C(=O)OC(C)(C)C)CC1I. The van der Waals surface area contributed by atoms with E-state index in [1.54, 1.807) is 4.90 Å². The first-order valence-corrected chi connectivity index (χ1v) is 8.60. The molecule has 0 N–H and O–H groups in total. The van der Waals surface area contributed by atoms with Gasteiger partial charge >= 0.3 is 6.09 Å². The number of alkyl halides is 1. The van der Waals surface area contributed by atoms with Crippen molar-refractivity contribution in [2.24, 2.45) is 0 Å². The molecule has 5 nitrogen and oxygen atoms in total. The second-order valence-corrected chi connectivity index (χ2v) is 8.87. The Balaban J connectivity index is 2.34. The van der Waals surface area contributed by atoms with Crippen molar-refractivity contribution in [3.05, 3.63) is 0 Å². The fourth-order valence-electron chi connectivity index (χ4n) is 1.91. The Labute approximate surface area is 141 Å².